The molecule has 5 aliphatic rings. The molecule has 0 heterocycles. The lowest BCUT2D eigenvalue weighted by Crippen LogP contribution is -2.47. The second-order valence-electron chi connectivity index (χ2n) is 8.77. The van der Waals surface area contributed by atoms with Gasteiger partial charge in [-0.2, -0.15) is 0 Å². The van der Waals surface area contributed by atoms with Gasteiger partial charge >= 0.3 is 0 Å². The smallest absolute Gasteiger partial charge is 0.0959 e. The third kappa shape index (κ3) is 1.60. The summed E-state index contributed by atoms with van der Waals surface area (Å²) in [6.07, 6.45) is 11.0. The Morgan fingerprint density at radius 2 is 2.09 bits per heavy atom. The summed E-state index contributed by atoms with van der Waals surface area (Å²) in [6, 6.07) is 0. The zero-order valence-corrected chi connectivity index (χ0v) is 13.8. The Morgan fingerprint density at radius 3 is 2.91 bits per heavy atom. The Kier molecular flexibility index (Phi) is 2.74. The number of ether oxygens (including phenoxy) is 1. The molecule has 0 aliphatic heterocycles. The Morgan fingerprint density at radius 1 is 1.23 bits per heavy atom. The van der Waals surface area contributed by atoms with E-state index in [0.717, 1.165) is 36.5 Å². The van der Waals surface area contributed by atoms with E-state index >= 15 is 0 Å². The molecule has 2 heteroatoms. The Bertz CT molecular complexity index is 574. The molecule has 7 atom stereocenters. The van der Waals surface area contributed by atoms with Crippen LogP contribution in [0.3, 0.4) is 0 Å². The number of hydrogen-bond acceptors (Lipinski definition) is 2. The second kappa shape index (κ2) is 4.41. The topological polar surface area (TPSA) is 29.5 Å². The van der Waals surface area contributed by atoms with Crippen molar-refractivity contribution < 1.29 is 9.84 Å². The van der Waals surface area contributed by atoms with E-state index in [4.69, 9.17) is 4.74 Å². The van der Waals surface area contributed by atoms with Crippen LogP contribution < -0.4 is 0 Å². The van der Waals surface area contributed by atoms with E-state index in [1.807, 2.05) is 7.11 Å². The lowest BCUT2D eigenvalue weighted by Gasteiger charge is -2.52. The number of aliphatic hydroxyl groups is 1. The average Bonchev–Trinajstić information content (AvgIpc) is 3.28. The first kappa shape index (κ1) is 13.7. The molecular weight excluding hydrogens is 272 g/mol. The minimum absolute atomic E-state index is 0.00910. The molecule has 3 saturated carbocycles. The molecule has 0 aromatic heterocycles. The van der Waals surface area contributed by atoms with E-state index < -0.39 is 0 Å². The summed E-state index contributed by atoms with van der Waals surface area (Å²) in [6.45, 7) is 2.40. The molecule has 0 spiro atoms. The quantitative estimate of drug-likeness (QED) is 0.740. The molecule has 0 aromatic carbocycles. The maximum Gasteiger partial charge on any atom is 0.0959 e. The maximum atomic E-state index is 10.7. The van der Waals surface area contributed by atoms with Crippen LogP contribution in [0.1, 0.15) is 51.9 Å². The Labute approximate surface area is 133 Å². The van der Waals surface area contributed by atoms with Crippen molar-refractivity contribution in [2.24, 2.45) is 35.0 Å². The molecule has 5 aliphatic carbocycles. The summed E-state index contributed by atoms with van der Waals surface area (Å²) in [5, 5.41) is 10.7. The highest BCUT2D eigenvalue weighted by Crippen LogP contribution is 2.71. The van der Waals surface area contributed by atoms with Gasteiger partial charge in [-0.15, -0.1) is 0 Å². The average molecular weight is 300 g/mol. The maximum absolute atomic E-state index is 10.7. The lowest BCUT2D eigenvalue weighted by molar-refractivity contribution is -0.0541. The van der Waals surface area contributed by atoms with Crippen LogP contribution in [0.5, 0.6) is 0 Å². The van der Waals surface area contributed by atoms with Crippen molar-refractivity contribution in [3.63, 3.8) is 0 Å². The van der Waals surface area contributed by atoms with Gasteiger partial charge in [0.05, 0.1) is 19.0 Å². The van der Waals surface area contributed by atoms with Crippen LogP contribution in [-0.2, 0) is 4.74 Å². The van der Waals surface area contributed by atoms with E-state index in [-0.39, 0.29) is 11.5 Å². The van der Waals surface area contributed by atoms with Crippen molar-refractivity contribution in [3.8, 4) is 0 Å². The summed E-state index contributed by atoms with van der Waals surface area (Å²) >= 11 is 0. The molecule has 0 amide bonds. The number of fused-ring (bicyclic) bond motifs is 6. The summed E-state index contributed by atoms with van der Waals surface area (Å²) in [7, 11) is 1.81. The van der Waals surface area contributed by atoms with Gasteiger partial charge in [0, 0.05) is 6.42 Å². The predicted octanol–water partition coefficient (Wildman–Crippen LogP) is 4.06. The number of aliphatic hydroxyl groups excluding tert-OH is 1. The molecule has 22 heavy (non-hydrogen) atoms. The van der Waals surface area contributed by atoms with Gasteiger partial charge in [-0.1, -0.05) is 18.1 Å². The molecule has 0 saturated heterocycles. The minimum atomic E-state index is -0.00910. The zero-order chi connectivity index (χ0) is 15.1. The first-order chi connectivity index (χ1) is 10.6. The van der Waals surface area contributed by atoms with Crippen molar-refractivity contribution in [1.82, 2.24) is 0 Å². The monoisotopic (exact) mass is 300 g/mol. The third-order valence-electron chi connectivity index (χ3n) is 8.05. The van der Waals surface area contributed by atoms with Gasteiger partial charge in [-0.05, 0) is 79.6 Å². The molecule has 1 N–H and O–H groups in total. The van der Waals surface area contributed by atoms with E-state index in [1.54, 1.807) is 11.1 Å². The SMILES string of the molecule is COC1=CCC2=C(CCC3C2CC[C@]2(C)C(O)C4CC4C32)C1. The van der Waals surface area contributed by atoms with E-state index in [9.17, 15) is 5.11 Å². The molecule has 2 nitrogen and oxygen atoms in total. The van der Waals surface area contributed by atoms with Crippen LogP contribution in [0.25, 0.3) is 0 Å². The number of allylic oxidation sites excluding steroid dienone is 3. The molecule has 6 unspecified atom stereocenters. The minimum Gasteiger partial charge on any atom is -0.501 e. The van der Waals surface area contributed by atoms with Gasteiger partial charge in [0.2, 0.25) is 0 Å². The standard InChI is InChI=1S/C20H28O2/c1-20-8-7-14-13-6-4-12(22-2)9-11(13)3-5-15(14)18(20)16-10-17(16)19(20)21/h4,14-19,21H,3,5-10H2,1-2H3/t14?,15?,16?,17?,18?,19?,20-/m0/s1. The Hall–Kier alpha value is -0.760. The van der Waals surface area contributed by atoms with Gasteiger partial charge in [-0.3, -0.25) is 0 Å². The van der Waals surface area contributed by atoms with Gasteiger partial charge in [0.1, 0.15) is 0 Å². The van der Waals surface area contributed by atoms with Gasteiger partial charge < -0.3 is 9.84 Å². The van der Waals surface area contributed by atoms with Crippen LogP contribution in [0.15, 0.2) is 23.0 Å². The molecule has 0 aromatic rings. The van der Waals surface area contributed by atoms with Crippen molar-refractivity contribution in [3.05, 3.63) is 23.0 Å². The largest absolute Gasteiger partial charge is 0.501 e. The first-order valence-corrected chi connectivity index (χ1v) is 9.25. The van der Waals surface area contributed by atoms with Crippen LogP contribution in [0, 0.1) is 35.0 Å². The summed E-state index contributed by atoms with van der Waals surface area (Å²) in [4.78, 5) is 0. The number of hydrogen-bond donors (Lipinski definition) is 1. The molecule has 0 bridgehead atoms. The van der Waals surface area contributed by atoms with Crippen molar-refractivity contribution in [2.45, 2.75) is 58.0 Å². The fraction of sp³-hybridized carbons (Fsp3) is 0.800. The number of methoxy groups -OCH3 is 1. The lowest BCUT2D eigenvalue weighted by atomic mass is 9.53. The van der Waals surface area contributed by atoms with E-state index in [2.05, 4.69) is 13.0 Å². The third-order valence-corrected chi connectivity index (χ3v) is 8.05. The Balaban J connectivity index is 1.46. The van der Waals surface area contributed by atoms with Gasteiger partial charge in [0.15, 0.2) is 0 Å². The van der Waals surface area contributed by atoms with Crippen LogP contribution in [-0.4, -0.2) is 18.3 Å². The molecule has 0 radical (unpaired) electrons. The van der Waals surface area contributed by atoms with E-state index in [0.29, 0.717) is 5.92 Å². The normalized spacial score (nSPS) is 52.2. The molecule has 3 fully saturated rings. The van der Waals surface area contributed by atoms with Crippen LogP contribution in [0.4, 0.5) is 0 Å². The number of rotatable bonds is 1. The molecule has 5 rings (SSSR count). The van der Waals surface area contributed by atoms with E-state index in [1.165, 1.54) is 37.9 Å². The summed E-state index contributed by atoms with van der Waals surface area (Å²) in [5.41, 5.74) is 3.68. The first-order valence-electron chi connectivity index (χ1n) is 9.25. The highest BCUT2D eigenvalue weighted by Gasteiger charge is 2.68. The van der Waals surface area contributed by atoms with Crippen molar-refractivity contribution >= 4 is 0 Å². The fourth-order valence-corrected chi connectivity index (χ4v) is 6.98. The predicted molar refractivity (Wildman–Crippen MR) is 86.0 cm³/mol. The summed E-state index contributed by atoms with van der Waals surface area (Å²) < 4.78 is 5.49. The van der Waals surface area contributed by atoms with Crippen molar-refractivity contribution in [1.29, 1.82) is 0 Å². The highest BCUT2D eigenvalue weighted by atomic mass is 16.5. The molecular formula is C20H28O2. The van der Waals surface area contributed by atoms with Crippen LogP contribution in [0.2, 0.25) is 0 Å². The summed E-state index contributed by atoms with van der Waals surface area (Å²) in [5.74, 6) is 5.13. The van der Waals surface area contributed by atoms with Gasteiger partial charge in [-0.25, -0.2) is 0 Å². The van der Waals surface area contributed by atoms with Gasteiger partial charge in [0.25, 0.3) is 0 Å². The fourth-order valence-electron chi connectivity index (χ4n) is 6.98. The molecule has 120 valence electrons. The zero-order valence-electron chi connectivity index (χ0n) is 13.8. The highest BCUT2D eigenvalue weighted by molar-refractivity contribution is 5.33. The van der Waals surface area contributed by atoms with Crippen LogP contribution >= 0.6 is 0 Å². The second-order valence-corrected chi connectivity index (χ2v) is 8.77. The van der Waals surface area contributed by atoms with Crippen molar-refractivity contribution in [2.75, 3.05) is 7.11 Å².